The van der Waals surface area contributed by atoms with Crippen LogP contribution in [-0.2, 0) is 27.3 Å². The maximum Gasteiger partial charge on any atom is 0.358 e. The largest absolute Gasteiger partial charge is 0.461 e. The highest BCUT2D eigenvalue weighted by molar-refractivity contribution is 6.39. The number of Topliss-reactive ketones (excluding diaryl/α,β-unsaturated/α-hetero) is 1. The van der Waals surface area contributed by atoms with Gasteiger partial charge in [0.15, 0.2) is 5.69 Å². The van der Waals surface area contributed by atoms with Crippen molar-refractivity contribution in [3.63, 3.8) is 0 Å². The molecule has 2 N–H and O–H groups in total. The van der Waals surface area contributed by atoms with E-state index in [4.69, 9.17) is 4.74 Å². The number of hydrazine groups is 1. The van der Waals surface area contributed by atoms with Crippen LogP contribution in [-0.4, -0.2) is 34.0 Å². The third-order valence-electron chi connectivity index (χ3n) is 5.79. The van der Waals surface area contributed by atoms with Gasteiger partial charge in [0.25, 0.3) is 0 Å². The molecule has 4 rings (SSSR count). The Labute approximate surface area is 198 Å². The van der Waals surface area contributed by atoms with Crippen molar-refractivity contribution in [2.24, 2.45) is 0 Å². The van der Waals surface area contributed by atoms with E-state index < -0.39 is 23.7 Å². The first kappa shape index (κ1) is 23.4. The number of aryl methyl sites for hydroxylation is 1. The number of ether oxygens (including phenoxy) is 1. The molecule has 0 aliphatic carbocycles. The van der Waals surface area contributed by atoms with E-state index in [0.29, 0.717) is 12.1 Å². The number of nitrogens with one attached hydrogen (secondary N) is 2. The predicted octanol–water partition coefficient (Wildman–Crippen LogP) is 3.36. The van der Waals surface area contributed by atoms with Crippen molar-refractivity contribution >= 4 is 17.7 Å². The Kier molecular flexibility index (Phi) is 7.18. The number of hydrogen-bond acceptors (Lipinski definition) is 6. The highest BCUT2D eigenvalue weighted by Crippen LogP contribution is 2.31. The summed E-state index contributed by atoms with van der Waals surface area (Å²) >= 11 is 0. The predicted molar refractivity (Wildman–Crippen MR) is 127 cm³/mol. The summed E-state index contributed by atoms with van der Waals surface area (Å²) in [6, 6.07) is 16.6. The number of carbonyl (C=O) groups is 3. The quantitative estimate of drug-likeness (QED) is 0.375. The van der Waals surface area contributed by atoms with E-state index in [2.05, 4.69) is 22.9 Å². The summed E-state index contributed by atoms with van der Waals surface area (Å²) in [6.45, 7) is 4.58. The second-order valence-electron chi connectivity index (χ2n) is 8.19. The van der Waals surface area contributed by atoms with E-state index in [0.717, 1.165) is 41.6 Å². The molecule has 1 unspecified atom stereocenters. The van der Waals surface area contributed by atoms with Crippen LogP contribution >= 0.6 is 0 Å². The number of benzene rings is 2. The molecule has 1 aliphatic rings. The number of amides is 1. The Bertz CT molecular complexity index is 1200. The number of hydrogen-bond donors (Lipinski definition) is 2. The number of unbranched alkanes of at least 4 members (excludes halogenated alkanes) is 1. The summed E-state index contributed by atoms with van der Waals surface area (Å²) in [5.41, 5.74) is 9.90. The Hall–Kier alpha value is -3.78. The lowest BCUT2D eigenvalue weighted by atomic mass is 9.91. The van der Waals surface area contributed by atoms with Crippen LogP contribution < -0.4 is 10.9 Å². The van der Waals surface area contributed by atoms with Crippen molar-refractivity contribution < 1.29 is 19.1 Å². The minimum atomic E-state index is -0.782. The highest BCUT2D eigenvalue weighted by atomic mass is 16.5. The van der Waals surface area contributed by atoms with Gasteiger partial charge in [0.05, 0.1) is 13.2 Å². The van der Waals surface area contributed by atoms with Crippen LogP contribution in [0.15, 0.2) is 54.6 Å². The van der Waals surface area contributed by atoms with E-state index in [1.165, 1.54) is 0 Å². The van der Waals surface area contributed by atoms with Gasteiger partial charge >= 0.3 is 11.9 Å². The average Bonchev–Trinajstić information content (AvgIpc) is 3.41. The molecule has 34 heavy (non-hydrogen) atoms. The number of nitrogens with zero attached hydrogens (tertiary/aromatic N) is 2. The molecular formula is C26H28N4O4. The smallest absolute Gasteiger partial charge is 0.358 e. The van der Waals surface area contributed by atoms with Crippen molar-refractivity contribution in [1.29, 1.82) is 0 Å². The minimum absolute atomic E-state index is 0.287. The normalized spacial score (nSPS) is 15.4. The van der Waals surface area contributed by atoms with Crippen LogP contribution in [0.4, 0.5) is 0 Å². The Morgan fingerprint density at radius 1 is 1.09 bits per heavy atom. The van der Waals surface area contributed by atoms with Crippen LogP contribution in [0, 0.1) is 0 Å². The van der Waals surface area contributed by atoms with Gasteiger partial charge in [-0.3, -0.25) is 19.7 Å². The molecule has 8 nitrogen and oxygen atoms in total. The molecule has 8 heteroatoms. The van der Waals surface area contributed by atoms with Gasteiger partial charge < -0.3 is 4.74 Å². The van der Waals surface area contributed by atoms with Gasteiger partial charge in [0.1, 0.15) is 6.04 Å². The monoisotopic (exact) mass is 460 g/mol. The second kappa shape index (κ2) is 10.4. The molecule has 0 saturated carbocycles. The fraction of sp³-hybridized carbons (Fsp3) is 0.308. The molecule has 2 aromatic carbocycles. The number of carbonyl (C=O) groups excluding carboxylic acids is 3. The molecule has 1 atom stereocenters. The van der Waals surface area contributed by atoms with E-state index >= 15 is 0 Å². The van der Waals surface area contributed by atoms with Gasteiger partial charge in [0.2, 0.25) is 5.78 Å². The van der Waals surface area contributed by atoms with Crippen molar-refractivity contribution in [1.82, 2.24) is 20.6 Å². The zero-order chi connectivity index (χ0) is 24.1. The van der Waals surface area contributed by atoms with Crippen LogP contribution in [0.1, 0.15) is 60.0 Å². The first-order chi connectivity index (χ1) is 16.5. The van der Waals surface area contributed by atoms with Crippen molar-refractivity contribution in [3.8, 4) is 11.1 Å². The third kappa shape index (κ3) is 4.92. The zero-order valence-electron chi connectivity index (χ0n) is 19.3. The van der Waals surface area contributed by atoms with E-state index in [1.807, 2.05) is 53.2 Å². The molecule has 2 heterocycles. The second-order valence-corrected chi connectivity index (χ2v) is 8.19. The van der Waals surface area contributed by atoms with E-state index in [1.54, 1.807) is 13.0 Å². The van der Waals surface area contributed by atoms with Gasteiger partial charge in [-0.2, -0.15) is 5.10 Å². The summed E-state index contributed by atoms with van der Waals surface area (Å²) in [6.07, 6.45) is 2.78. The Morgan fingerprint density at radius 3 is 2.56 bits per heavy atom. The number of aromatic nitrogens is 2. The molecular weight excluding hydrogens is 432 g/mol. The SMILES string of the molecule is CCCCc1cc(C(=O)OCC)nn1Cc1ccc(-c2ccccc2)c(C2NNC(=O)C2=O)c1. The van der Waals surface area contributed by atoms with Crippen molar-refractivity contribution in [3.05, 3.63) is 77.1 Å². The summed E-state index contributed by atoms with van der Waals surface area (Å²) in [5.74, 6) is -1.62. The molecule has 0 bridgehead atoms. The lowest BCUT2D eigenvalue weighted by molar-refractivity contribution is -0.135. The summed E-state index contributed by atoms with van der Waals surface area (Å²) in [7, 11) is 0. The Balaban J connectivity index is 1.71. The highest BCUT2D eigenvalue weighted by Gasteiger charge is 2.35. The molecule has 3 aromatic rings. The number of esters is 1. The lowest BCUT2D eigenvalue weighted by Gasteiger charge is -2.17. The standard InChI is InChI=1S/C26H28N4O4/c1-3-5-11-19-15-22(26(33)34-4-2)29-30(19)16-17-12-13-20(18-9-7-6-8-10-18)21(14-17)23-24(31)25(32)28-27-23/h6-10,12-15,23,27H,3-5,11,16H2,1-2H3,(H,28,32). The van der Waals surface area contributed by atoms with Gasteiger partial charge in [-0.1, -0.05) is 61.9 Å². The molecule has 0 radical (unpaired) electrons. The average molecular weight is 461 g/mol. The van der Waals surface area contributed by atoms with Gasteiger partial charge in [0, 0.05) is 5.69 Å². The van der Waals surface area contributed by atoms with E-state index in [9.17, 15) is 14.4 Å². The summed E-state index contributed by atoms with van der Waals surface area (Å²) in [5, 5.41) is 4.50. The third-order valence-corrected chi connectivity index (χ3v) is 5.79. The van der Waals surface area contributed by atoms with Crippen molar-refractivity contribution in [2.75, 3.05) is 6.61 Å². The molecule has 1 saturated heterocycles. The van der Waals surface area contributed by atoms with Crippen LogP contribution in [0.5, 0.6) is 0 Å². The van der Waals surface area contributed by atoms with E-state index in [-0.39, 0.29) is 12.3 Å². The molecule has 1 aromatic heterocycles. The summed E-state index contributed by atoms with van der Waals surface area (Å²) < 4.78 is 6.94. The van der Waals surface area contributed by atoms with Crippen LogP contribution in [0.3, 0.4) is 0 Å². The summed E-state index contributed by atoms with van der Waals surface area (Å²) in [4.78, 5) is 36.6. The molecule has 1 aliphatic heterocycles. The fourth-order valence-electron chi connectivity index (χ4n) is 4.07. The molecule has 176 valence electrons. The first-order valence-corrected chi connectivity index (χ1v) is 11.5. The van der Waals surface area contributed by atoms with Gasteiger partial charge in [-0.25, -0.2) is 10.2 Å². The van der Waals surface area contributed by atoms with Gasteiger partial charge in [-0.15, -0.1) is 0 Å². The number of ketones is 1. The lowest BCUT2D eigenvalue weighted by Crippen LogP contribution is -2.27. The van der Waals surface area contributed by atoms with Crippen LogP contribution in [0.25, 0.3) is 11.1 Å². The first-order valence-electron chi connectivity index (χ1n) is 11.5. The topological polar surface area (TPSA) is 102 Å². The van der Waals surface area contributed by atoms with Gasteiger partial charge in [-0.05, 0) is 48.1 Å². The minimum Gasteiger partial charge on any atom is -0.461 e. The number of rotatable bonds is 9. The molecule has 1 amide bonds. The molecule has 1 fully saturated rings. The van der Waals surface area contributed by atoms with Crippen molar-refractivity contribution in [2.45, 2.75) is 45.7 Å². The fourth-order valence-corrected chi connectivity index (χ4v) is 4.07. The maximum absolute atomic E-state index is 12.5. The Morgan fingerprint density at radius 2 is 1.88 bits per heavy atom. The van der Waals surface area contributed by atoms with Crippen LogP contribution in [0.2, 0.25) is 0 Å². The zero-order valence-corrected chi connectivity index (χ0v) is 19.3. The molecule has 0 spiro atoms. The maximum atomic E-state index is 12.5.